The molecule has 90 valence electrons. The summed E-state index contributed by atoms with van der Waals surface area (Å²) < 4.78 is 4.92. The van der Waals surface area contributed by atoms with Gasteiger partial charge in [0, 0.05) is 32.9 Å². The molecule has 3 N–H and O–H groups in total. The van der Waals surface area contributed by atoms with Crippen LogP contribution in [0.25, 0.3) is 0 Å². The van der Waals surface area contributed by atoms with E-state index in [4.69, 9.17) is 9.84 Å². The summed E-state index contributed by atoms with van der Waals surface area (Å²) in [5, 5.41) is 14.8. The van der Waals surface area contributed by atoms with Crippen LogP contribution in [0.4, 0.5) is 11.6 Å². The van der Waals surface area contributed by atoms with Crippen LogP contribution < -0.4 is 10.6 Å². The van der Waals surface area contributed by atoms with Crippen molar-refractivity contribution >= 4 is 11.6 Å². The minimum absolute atomic E-state index is 0.178. The van der Waals surface area contributed by atoms with Gasteiger partial charge in [0.1, 0.15) is 18.0 Å². The van der Waals surface area contributed by atoms with Crippen LogP contribution in [0.5, 0.6) is 0 Å². The predicted molar refractivity (Wildman–Crippen MR) is 62.6 cm³/mol. The Morgan fingerprint density at radius 3 is 2.56 bits per heavy atom. The summed E-state index contributed by atoms with van der Waals surface area (Å²) in [6, 6.07) is 1.83. The monoisotopic (exact) mass is 226 g/mol. The highest BCUT2D eigenvalue weighted by Crippen LogP contribution is 2.07. The van der Waals surface area contributed by atoms with Crippen LogP contribution in [-0.4, -0.2) is 48.5 Å². The van der Waals surface area contributed by atoms with Crippen molar-refractivity contribution in [3.8, 4) is 0 Å². The standard InChI is InChI=1S/C10H18N4O2/c1-16-6-4-12-10-7-9(13-8-14-10)11-3-2-5-15/h7-8,15H,2-6H2,1H3,(H2,11,12,13,14). The van der Waals surface area contributed by atoms with Crippen LogP contribution >= 0.6 is 0 Å². The molecule has 1 aromatic rings. The number of nitrogens with one attached hydrogen (secondary N) is 2. The summed E-state index contributed by atoms with van der Waals surface area (Å²) in [7, 11) is 1.66. The van der Waals surface area contributed by atoms with E-state index in [-0.39, 0.29) is 6.61 Å². The van der Waals surface area contributed by atoms with E-state index in [0.29, 0.717) is 26.1 Å². The van der Waals surface area contributed by atoms with Gasteiger partial charge in [-0.1, -0.05) is 0 Å². The second-order valence-electron chi connectivity index (χ2n) is 3.21. The molecule has 0 amide bonds. The maximum atomic E-state index is 8.64. The Morgan fingerprint density at radius 1 is 1.25 bits per heavy atom. The molecule has 1 heterocycles. The van der Waals surface area contributed by atoms with Gasteiger partial charge in [-0.05, 0) is 6.42 Å². The van der Waals surface area contributed by atoms with E-state index in [2.05, 4.69) is 20.6 Å². The molecule has 6 nitrogen and oxygen atoms in total. The third kappa shape index (κ3) is 4.90. The van der Waals surface area contributed by atoms with Crippen LogP contribution in [0.1, 0.15) is 6.42 Å². The molecule has 0 saturated heterocycles. The van der Waals surface area contributed by atoms with Gasteiger partial charge in [0.25, 0.3) is 0 Å². The zero-order valence-electron chi connectivity index (χ0n) is 9.44. The summed E-state index contributed by atoms with van der Waals surface area (Å²) in [4.78, 5) is 8.14. The van der Waals surface area contributed by atoms with Gasteiger partial charge in [0.05, 0.1) is 6.61 Å². The maximum Gasteiger partial charge on any atom is 0.131 e. The van der Waals surface area contributed by atoms with Crippen molar-refractivity contribution in [2.45, 2.75) is 6.42 Å². The number of nitrogens with zero attached hydrogens (tertiary/aromatic N) is 2. The van der Waals surface area contributed by atoms with Gasteiger partial charge in [-0.25, -0.2) is 9.97 Å². The average molecular weight is 226 g/mol. The van der Waals surface area contributed by atoms with Crippen LogP contribution in [0, 0.1) is 0 Å². The average Bonchev–Trinajstić information content (AvgIpc) is 2.30. The first-order valence-electron chi connectivity index (χ1n) is 5.26. The molecular weight excluding hydrogens is 208 g/mol. The quantitative estimate of drug-likeness (QED) is 0.554. The highest BCUT2D eigenvalue weighted by atomic mass is 16.5. The molecule has 0 unspecified atom stereocenters. The fraction of sp³-hybridized carbons (Fsp3) is 0.600. The first-order valence-corrected chi connectivity index (χ1v) is 5.26. The zero-order valence-corrected chi connectivity index (χ0v) is 9.44. The number of aliphatic hydroxyl groups is 1. The number of anilines is 2. The molecule has 0 aliphatic heterocycles. The minimum Gasteiger partial charge on any atom is -0.396 e. The lowest BCUT2D eigenvalue weighted by Crippen LogP contribution is -2.10. The molecule has 0 aliphatic carbocycles. The number of hydrogen-bond donors (Lipinski definition) is 3. The lowest BCUT2D eigenvalue weighted by atomic mass is 10.4. The number of methoxy groups -OCH3 is 1. The van der Waals surface area contributed by atoms with E-state index in [1.165, 1.54) is 6.33 Å². The lowest BCUT2D eigenvalue weighted by Gasteiger charge is -2.07. The van der Waals surface area contributed by atoms with E-state index in [1.54, 1.807) is 7.11 Å². The molecule has 1 aromatic heterocycles. The second kappa shape index (κ2) is 7.84. The van der Waals surface area contributed by atoms with Crippen LogP contribution in [0.15, 0.2) is 12.4 Å². The number of aromatic nitrogens is 2. The van der Waals surface area contributed by atoms with Crippen LogP contribution in [0.3, 0.4) is 0 Å². The predicted octanol–water partition coefficient (Wildman–Crippen LogP) is 0.329. The van der Waals surface area contributed by atoms with E-state index in [1.807, 2.05) is 6.07 Å². The topological polar surface area (TPSA) is 79.3 Å². The van der Waals surface area contributed by atoms with Gasteiger partial charge < -0.3 is 20.5 Å². The van der Waals surface area contributed by atoms with Crippen molar-refractivity contribution in [2.24, 2.45) is 0 Å². The summed E-state index contributed by atoms with van der Waals surface area (Å²) in [6.45, 7) is 2.23. The molecule has 0 aliphatic rings. The summed E-state index contributed by atoms with van der Waals surface area (Å²) in [6.07, 6.45) is 2.20. The van der Waals surface area contributed by atoms with E-state index >= 15 is 0 Å². The number of rotatable bonds is 8. The van der Waals surface area contributed by atoms with E-state index in [9.17, 15) is 0 Å². The van der Waals surface area contributed by atoms with Crippen molar-refractivity contribution in [1.29, 1.82) is 0 Å². The smallest absolute Gasteiger partial charge is 0.131 e. The molecule has 6 heteroatoms. The van der Waals surface area contributed by atoms with Crippen molar-refractivity contribution in [2.75, 3.05) is 44.0 Å². The van der Waals surface area contributed by atoms with Crippen LogP contribution in [0.2, 0.25) is 0 Å². The molecule has 0 saturated carbocycles. The van der Waals surface area contributed by atoms with Crippen molar-refractivity contribution in [1.82, 2.24) is 9.97 Å². The van der Waals surface area contributed by atoms with Gasteiger partial charge in [-0.15, -0.1) is 0 Å². The SMILES string of the molecule is COCCNc1cc(NCCCO)ncn1. The Hall–Kier alpha value is -1.40. The Bertz CT molecular complexity index is 271. The molecule has 0 fully saturated rings. The number of ether oxygens (including phenoxy) is 1. The van der Waals surface area contributed by atoms with E-state index in [0.717, 1.165) is 11.6 Å². The van der Waals surface area contributed by atoms with Gasteiger partial charge in [0.15, 0.2) is 0 Å². The third-order valence-electron chi connectivity index (χ3n) is 1.92. The van der Waals surface area contributed by atoms with Crippen molar-refractivity contribution in [3.05, 3.63) is 12.4 Å². The second-order valence-corrected chi connectivity index (χ2v) is 3.21. The Labute approximate surface area is 95.1 Å². The lowest BCUT2D eigenvalue weighted by molar-refractivity contribution is 0.210. The summed E-state index contributed by atoms with van der Waals surface area (Å²) in [5.41, 5.74) is 0. The Morgan fingerprint density at radius 2 is 1.94 bits per heavy atom. The normalized spacial score (nSPS) is 10.1. The fourth-order valence-electron chi connectivity index (χ4n) is 1.13. The maximum absolute atomic E-state index is 8.64. The first-order chi connectivity index (χ1) is 7.86. The molecule has 1 rings (SSSR count). The zero-order chi connectivity index (χ0) is 11.6. The van der Waals surface area contributed by atoms with Gasteiger partial charge in [-0.2, -0.15) is 0 Å². The molecule has 0 radical (unpaired) electrons. The molecule has 16 heavy (non-hydrogen) atoms. The molecule has 0 aromatic carbocycles. The molecular formula is C10H18N4O2. The Balaban J connectivity index is 2.37. The van der Waals surface area contributed by atoms with Crippen LogP contribution in [-0.2, 0) is 4.74 Å². The first kappa shape index (κ1) is 12.7. The number of aliphatic hydroxyl groups excluding tert-OH is 1. The third-order valence-corrected chi connectivity index (χ3v) is 1.92. The highest BCUT2D eigenvalue weighted by molar-refractivity contribution is 5.46. The van der Waals surface area contributed by atoms with Gasteiger partial charge in [-0.3, -0.25) is 0 Å². The summed E-state index contributed by atoms with van der Waals surface area (Å²) >= 11 is 0. The summed E-state index contributed by atoms with van der Waals surface area (Å²) in [5.74, 6) is 1.52. The molecule has 0 spiro atoms. The van der Waals surface area contributed by atoms with Crippen molar-refractivity contribution < 1.29 is 9.84 Å². The fourth-order valence-corrected chi connectivity index (χ4v) is 1.13. The minimum atomic E-state index is 0.178. The number of hydrogen-bond acceptors (Lipinski definition) is 6. The molecule has 0 bridgehead atoms. The van der Waals surface area contributed by atoms with Gasteiger partial charge >= 0.3 is 0 Å². The van der Waals surface area contributed by atoms with E-state index < -0.39 is 0 Å². The van der Waals surface area contributed by atoms with Crippen molar-refractivity contribution in [3.63, 3.8) is 0 Å². The highest BCUT2D eigenvalue weighted by Gasteiger charge is 1.97. The van der Waals surface area contributed by atoms with Gasteiger partial charge in [0.2, 0.25) is 0 Å². The molecule has 0 atom stereocenters. The largest absolute Gasteiger partial charge is 0.396 e. The Kier molecular flexibility index (Phi) is 6.20.